The standard InChI is InChI=1S/C20H20N4O3S/c25-20-8-5-14-11-16(6-7-17(14)22-20)28(26,27)23-10-9-15(12-23)24-13-21-18-3-1-2-4-19(18)24/h1-4,6-7,11,13,15H,5,8-10,12H2,(H,22,25)/t15-/m0/s1. The smallest absolute Gasteiger partial charge is 0.243 e. The summed E-state index contributed by atoms with van der Waals surface area (Å²) >= 11 is 0. The van der Waals surface area contributed by atoms with E-state index in [0.29, 0.717) is 36.5 Å². The Balaban J connectivity index is 1.41. The SMILES string of the molecule is O=C1CCc2cc(S(=O)(=O)N3CC[C@H](n4cnc5ccccc54)C3)ccc2N1. The molecular formula is C20H20N4O3S. The van der Waals surface area contributed by atoms with E-state index in [1.807, 2.05) is 24.3 Å². The Hall–Kier alpha value is -2.71. The number of aromatic nitrogens is 2. The van der Waals surface area contributed by atoms with Crippen molar-refractivity contribution in [3.8, 4) is 0 Å². The molecule has 1 N–H and O–H groups in total. The predicted octanol–water partition coefficient (Wildman–Crippen LogP) is 2.56. The van der Waals surface area contributed by atoms with Gasteiger partial charge in [0.1, 0.15) is 0 Å². The lowest BCUT2D eigenvalue weighted by Crippen LogP contribution is -2.29. The molecule has 2 aliphatic heterocycles. The highest BCUT2D eigenvalue weighted by molar-refractivity contribution is 7.89. The van der Waals surface area contributed by atoms with Crippen LogP contribution in [-0.4, -0.2) is 41.3 Å². The van der Waals surface area contributed by atoms with Crippen LogP contribution in [0.4, 0.5) is 5.69 Å². The molecule has 1 amide bonds. The van der Waals surface area contributed by atoms with Gasteiger partial charge in [-0.2, -0.15) is 4.31 Å². The third-order valence-electron chi connectivity index (χ3n) is 5.61. The predicted molar refractivity (Wildman–Crippen MR) is 106 cm³/mol. The number of imidazole rings is 1. The zero-order valence-electron chi connectivity index (χ0n) is 15.2. The van der Waals surface area contributed by atoms with Gasteiger partial charge in [0, 0.05) is 25.2 Å². The van der Waals surface area contributed by atoms with Crippen LogP contribution >= 0.6 is 0 Å². The van der Waals surface area contributed by atoms with Gasteiger partial charge in [-0.1, -0.05) is 12.1 Å². The number of carbonyl (C=O) groups excluding carboxylic acids is 1. The Kier molecular flexibility index (Phi) is 3.99. The molecule has 144 valence electrons. The van der Waals surface area contributed by atoms with Gasteiger partial charge in [0.25, 0.3) is 0 Å². The van der Waals surface area contributed by atoms with Crippen molar-refractivity contribution in [1.29, 1.82) is 0 Å². The molecule has 28 heavy (non-hydrogen) atoms. The molecule has 0 spiro atoms. The number of fused-ring (bicyclic) bond motifs is 2. The van der Waals surface area contributed by atoms with Gasteiger partial charge in [0.15, 0.2) is 0 Å². The van der Waals surface area contributed by atoms with Crippen molar-refractivity contribution in [2.24, 2.45) is 0 Å². The van der Waals surface area contributed by atoms with Crippen LogP contribution in [0.1, 0.15) is 24.4 Å². The quantitative estimate of drug-likeness (QED) is 0.737. The fourth-order valence-corrected chi connectivity index (χ4v) is 5.64. The zero-order chi connectivity index (χ0) is 19.3. The molecule has 0 saturated carbocycles. The Morgan fingerprint density at radius 3 is 2.86 bits per heavy atom. The summed E-state index contributed by atoms with van der Waals surface area (Å²) < 4.78 is 30.0. The van der Waals surface area contributed by atoms with Gasteiger partial charge in [-0.25, -0.2) is 13.4 Å². The number of benzene rings is 2. The summed E-state index contributed by atoms with van der Waals surface area (Å²) in [7, 11) is -3.58. The van der Waals surface area contributed by atoms with E-state index in [2.05, 4.69) is 14.9 Å². The van der Waals surface area contributed by atoms with Crippen LogP contribution in [0.3, 0.4) is 0 Å². The molecule has 0 bridgehead atoms. The Morgan fingerprint density at radius 1 is 1.11 bits per heavy atom. The minimum absolute atomic E-state index is 0.0296. The maximum atomic E-state index is 13.2. The van der Waals surface area contributed by atoms with Gasteiger partial charge in [-0.05, 0) is 48.7 Å². The number of aryl methyl sites for hydroxylation is 1. The van der Waals surface area contributed by atoms with Gasteiger partial charge in [0.2, 0.25) is 15.9 Å². The number of amides is 1. The number of hydrogen-bond donors (Lipinski definition) is 1. The summed E-state index contributed by atoms with van der Waals surface area (Å²) in [6.45, 7) is 0.907. The van der Waals surface area contributed by atoms with Gasteiger partial charge in [-0.3, -0.25) is 4.79 Å². The summed E-state index contributed by atoms with van der Waals surface area (Å²) in [6.07, 6.45) is 3.50. The summed E-state index contributed by atoms with van der Waals surface area (Å²) in [4.78, 5) is 16.2. The van der Waals surface area contributed by atoms with E-state index >= 15 is 0 Å². The molecule has 1 saturated heterocycles. The lowest BCUT2D eigenvalue weighted by molar-refractivity contribution is -0.116. The van der Waals surface area contributed by atoms with Gasteiger partial charge in [-0.15, -0.1) is 0 Å². The van der Waals surface area contributed by atoms with Gasteiger partial charge in [0.05, 0.1) is 28.3 Å². The third kappa shape index (κ3) is 2.80. The first-order chi connectivity index (χ1) is 13.5. The van der Waals surface area contributed by atoms with Crippen LogP contribution in [0.2, 0.25) is 0 Å². The van der Waals surface area contributed by atoms with Crippen LogP contribution in [0, 0.1) is 0 Å². The lowest BCUT2D eigenvalue weighted by Gasteiger charge is -2.20. The maximum Gasteiger partial charge on any atom is 0.243 e. The normalized spacial score (nSPS) is 20.3. The van der Waals surface area contributed by atoms with Crippen LogP contribution in [0.15, 0.2) is 53.7 Å². The molecule has 0 unspecified atom stereocenters. The number of hydrogen-bond acceptors (Lipinski definition) is 4. The number of nitrogens with zero attached hydrogens (tertiary/aromatic N) is 3. The summed E-state index contributed by atoms with van der Waals surface area (Å²) in [5.74, 6) is -0.0296. The van der Waals surface area contributed by atoms with E-state index in [4.69, 9.17) is 0 Å². The average Bonchev–Trinajstić information content (AvgIpc) is 3.34. The van der Waals surface area contributed by atoms with Crippen molar-refractivity contribution >= 4 is 32.7 Å². The van der Waals surface area contributed by atoms with Crippen molar-refractivity contribution in [3.63, 3.8) is 0 Å². The van der Waals surface area contributed by atoms with Crippen LogP contribution in [-0.2, 0) is 21.2 Å². The second-order valence-electron chi connectivity index (χ2n) is 7.31. The molecule has 2 aromatic carbocycles. The number of carbonyl (C=O) groups is 1. The first kappa shape index (κ1) is 17.4. The fourth-order valence-electron chi connectivity index (χ4n) is 4.09. The highest BCUT2D eigenvalue weighted by Gasteiger charge is 2.34. The third-order valence-corrected chi connectivity index (χ3v) is 7.47. The highest BCUT2D eigenvalue weighted by atomic mass is 32.2. The number of anilines is 1. The molecule has 0 radical (unpaired) electrons. The molecule has 0 aliphatic carbocycles. The highest BCUT2D eigenvalue weighted by Crippen LogP contribution is 2.32. The van der Waals surface area contributed by atoms with Crippen LogP contribution in [0.5, 0.6) is 0 Å². The zero-order valence-corrected chi connectivity index (χ0v) is 16.0. The second-order valence-corrected chi connectivity index (χ2v) is 9.25. The molecule has 1 aromatic heterocycles. The van der Waals surface area contributed by atoms with E-state index in [1.165, 1.54) is 0 Å². The molecule has 3 aromatic rings. The minimum atomic E-state index is -3.58. The van der Waals surface area contributed by atoms with Crippen molar-refractivity contribution < 1.29 is 13.2 Å². The molecule has 1 atom stereocenters. The van der Waals surface area contributed by atoms with E-state index in [0.717, 1.165) is 23.0 Å². The Labute approximate surface area is 163 Å². The molecule has 7 nitrogen and oxygen atoms in total. The maximum absolute atomic E-state index is 13.2. The van der Waals surface area contributed by atoms with E-state index in [9.17, 15) is 13.2 Å². The number of rotatable bonds is 3. The molecule has 2 aliphatic rings. The average molecular weight is 396 g/mol. The Morgan fingerprint density at radius 2 is 1.96 bits per heavy atom. The monoisotopic (exact) mass is 396 g/mol. The fraction of sp³-hybridized carbons (Fsp3) is 0.300. The number of nitrogens with one attached hydrogen (secondary N) is 1. The van der Waals surface area contributed by atoms with Crippen molar-refractivity contribution in [1.82, 2.24) is 13.9 Å². The van der Waals surface area contributed by atoms with Gasteiger partial charge < -0.3 is 9.88 Å². The molecule has 5 rings (SSSR count). The van der Waals surface area contributed by atoms with Crippen molar-refractivity contribution in [2.75, 3.05) is 18.4 Å². The van der Waals surface area contributed by atoms with E-state index < -0.39 is 10.0 Å². The summed E-state index contributed by atoms with van der Waals surface area (Å²) in [5, 5.41) is 2.79. The van der Waals surface area contributed by atoms with Crippen molar-refractivity contribution in [3.05, 3.63) is 54.4 Å². The van der Waals surface area contributed by atoms with Gasteiger partial charge >= 0.3 is 0 Å². The topological polar surface area (TPSA) is 84.3 Å². The van der Waals surface area contributed by atoms with Crippen LogP contribution in [0.25, 0.3) is 11.0 Å². The van der Waals surface area contributed by atoms with Crippen LogP contribution < -0.4 is 5.32 Å². The van der Waals surface area contributed by atoms with Crippen molar-refractivity contribution in [2.45, 2.75) is 30.2 Å². The second kappa shape index (κ2) is 6.42. The summed E-state index contributed by atoms with van der Waals surface area (Å²) in [6, 6.07) is 12.9. The first-order valence-corrected chi connectivity index (χ1v) is 10.8. The molecular weight excluding hydrogens is 376 g/mol. The minimum Gasteiger partial charge on any atom is -0.326 e. The largest absolute Gasteiger partial charge is 0.326 e. The Bertz CT molecular complexity index is 1190. The molecule has 1 fully saturated rings. The first-order valence-electron chi connectivity index (χ1n) is 9.37. The van der Waals surface area contributed by atoms with E-state index in [1.54, 1.807) is 28.8 Å². The molecule has 8 heteroatoms. The summed E-state index contributed by atoms with van der Waals surface area (Å²) in [5.41, 5.74) is 3.52. The molecule has 3 heterocycles. The number of para-hydroxylation sites is 2. The van der Waals surface area contributed by atoms with E-state index in [-0.39, 0.29) is 11.9 Å². The number of sulfonamides is 1. The lowest BCUT2D eigenvalue weighted by atomic mass is 10.0.